The van der Waals surface area contributed by atoms with Crippen LogP contribution in [-0.2, 0) is 6.54 Å². The Hall–Kier alpha value is -2.14. The van der Waals surface area contributed by atoms with Crippen LogP contribution in [0.1, 0.15) is 21.7 Å². The summed E-state index contributed by atoms with van der Waals surface area (Å²) in [6, 6.07) is 7.72. The monoisotopic (exact) mass is 305 g/mol. The largest absolute Gasteiger partial charge is 0.497 e. The number of carbonyl (C=O) groups excluding carboxylic acids is 1. The molecule has 0 saturated heterocycles. The van der Waals surface area contributed by atoms with Gasteiger partial charge < -0.3 is 9.64 Å². The standard InChI is InChI=1S/C15H16ClN3O2/c1-10-17-14(16)13(9-20)15(18-10)19(2)8-11-5-4-6-12(7-11)21-3/h4-7,9H,8H2,1-3H3. The van der Waals surface area contributed by atoms with Crippen LogP contribution in [0.2, 0.25) is 5.15 Å². The molecule has 0 aliphatic heterocycles. The van der Waals surface area contributed by atoms with E-state index in [-0.39, 0.29) is 5.15 Å². The first-order valence-corrected chi connectivity index (χ1v) is 6.76. The first kappa shape index (κ1) is 15.3. The molecule has 0 N–H and O–H groups in total. The summed E-state index contributed by atoms with van der Waals surface area (Å²) < 4.78 is 5.20. The Morgan fingerprint density at radius 3 is 2.81 bits per heavy atom. The van der Waals surface area contributed by atoms with Crippen LogP contribution in [0, 0.1) is 6.92 Å². The van der Waals surface area contributed by atoms with Crippen molar-refractivity contribution in [2.45, 2.75) is 13.5 Å². The van der Waals surface area contributed by atoms with E-state index < -0.39 is 0 Å². The number of rotatable bonds is 5. The number of aldehydes is 1. The number of methoxy groups -OCH3 is 1. The molecule has 5 nitrogen and oxygen atoms in total. The van der Waals surface area contributed by atoms with E-state index in [4.69, 9.17) is 16.3 Å². The highest BCUT2D eigenvalue weighted by molar-refractivity contribution is 6.32. The van der Waals surface area contributed by atoms with Crippen LogP contribution in [0.3, 0.4) is 0 Å². The van der Waals surface area contributed by atoms with Crippen LogP contribution in [-0.4, -0.2) is 30.4 Å². The van der Waals surface area contributed by atoms with E-state index in [1.165, 1.54) is 0 Å². The average Bonchev–Trinajstić information content (AvgIpc) is 2.46. The third-order valence-corrected chi connectivity index (χ3v) is 3.31. The van der Waals surface area contributed by atoms with Crippen molar-refractivity contribution in [2.24, 2.45) is 0 Å². The molecule has 2 aromatic rings. The fraction of sp³-hybridized carbons (Fsp3) is 0.267. The number of nitrogens with zero attached hydrogens (tertiary/aromatic N) is 3. The maximum Gasteiger partial charge on any atom is 0.156 e. The molecule has 1 heterocycles. The van der Waals surface area contributed by atoms with Gasteiger partial charge in [0.15, 0.2) is 6.29 Å². The average molecular weight is 306 g/mol. The van der Waals surface area contributed by atoms with Crippen molar-refractivity contribution in [2.75, 3.05) is 19.1 Å². The molecule has 0 unspecified atom stereocenters. The second-order valence-electron chi connectivity index (χ2n) is 4.62. The van der Waals surface area contributed by atoms with Crippen LogP contribution in [0.25, 0.3) is 0 Å². The number of benzene rings is 1. The fourth-order valence-corrected chi connectivity index (χ4v) is 2.30. The molecule has 0 fully saturated rings. The Labute approximate surface area is 128 Å². The Kier molecular flexibility index (Phi) is 4.75. The van der Waals surface area contributed by atoms with Gasteiger partial charge in [-0.15, -0.1) is 0 Å². The molecule has 0 aliphatic carbocycles. The molecule has 0 aliphatic rings. The van der Waals surface area contributed by atoms with Gasteiger partial charge >= 0.3 is 0 Å². The third-order valence-electron chi connectivity index (χ3n) is 3.02. The minimum Gasteiger partial charge on any atom is -0.497 e. The molecule has 0 spiro atoms. The predicted octanol–water partition coefficient (Wildman–Crippen LogP) is 2.90. The van der Waals surface area contributed by atoms with E-state index in [0.717, 1.165) is 11.3 Å². The van der Waals surface area contributed by atoms with Crippen LogP contribution in [0.15, 0.2) is 24.3 Å². The summed E-state index contributed by atoms with van der Waals surface area (Å²) in [5.74, 6) is 1.83. The highest BCUT2D eigenvalue weighted by Crippen LogP contribution is 2.24. The van der Waals surface area contributed by atoms with Gasteiger partial charge in [0.2, 0.25) is 0 Å². The van der Waals surface area contributed by atoms with Crippen LogP contribution < -0.4 is 9.64 Å². The van der Waals surface area contributed by atoms with Gasteiger partial charge in [-0.2, -0.15) is 0 Å². The molecular formula is C15H16ClN3O2. The number of ether oxygens (including phenoxy) is 1. The van der Waals surface area contributed by atoms with E-state index in [0.29, 0.717) is 30.0 Å². The summed E-state index contributed by atoms with van der Waals surface area (Å²) in [6.45, 7) is 2.31. The van der Waals surface area contributed by atoms with Crippen molar-refractivity contribution in [1.29, 1.82) is 0 Å². The number of carbonyl (C=O) groups is 1. The molecule has 0 atom stereocenters. The van der Waals surface area contributed by atoms with E-state index in [1.807, 2.05) is 36.2 Å². The van der Waals surface area contributed by atoms with Crippen LogP contribution in [0.4, 0.5) is 5.82 Å². The molecule has 6 heteroatoms. The minimum absolute atomic E-state index is 0.171. The predicted molar refractivity (Wildman–Crippen MR) is 82.3 cm³/mol. The van der Waals surface area contributed by atoms with Gasteiger partial charge in [0.1, 0.15) is 22.5 Å². The van der Waals surface area contributed by atoms with E-state index >= 15 is 0 Å². The zero-order valence-corrected chi connectivity index (χ0v) is 12.9. The lowest BCUT2D eigenvalue weighted by atomic mass is 10.2. The zero-order chi connectivity index (χ0) is 15.4. The van der Waals surface area contributed by atoms with Crippen molar-refractivity contribution >= 4 is 23.7 Å². The van der Waals surface area contributed by atoms with Crippen LogP contribution >= 0.6 is 11.6 Å². The van der Waals surface area contributed by atoms with Gasteiger partial charge in [-0.25, -0.2) is 9.97 Å². The van der Waals surface area contributed by atoms with Gasteiger partial charge in [0, 0.05) is 13.6 Å². The fourth-order valence-electron chi connectivity index (χ4n) is 2.04. The maximum atomic E-state index is 11.2. The van der Waals surface area contributed by atoms with Crippen molar-refractivity contribution in [3.05, 3.63) is 46.4 Å². The third kappa shape index (κ3) is 3.49. The summed E-state index contributed by atoms with van der Waals surface area (Å²) in [5, 5.41) is 0.171. The summed E-state index contributed by atoms with van der Waals surface area (Å²) in [4.78, 5) is 21.4. The zero-order valence-electron chi connectivity index (χ0n) is 12.1. The number of anilines is 1. The number of aromatic nitrogens is 2. The molecule has 0 radical (unpaired) electrons. The maximum absolute atomic E-state index is 11.2. The second-order valence-corrected chi connectivity index (χ2v) is 4.98. The number of aryl methyl sites for hydroxylation is 1. The molecule has 0 saturated carbocycles. The smallest absolute Gasteiger partial charge is 0.156 e. The van der Waals surface area contributed by atoms with Crippen molar-refractivity contribution in [1.82, 2.24) is 9.97 Å². The van der Waals surface area contributed by atoms with Crippen molar-refractivity contribution in [3.8, 4) is 5.75 Å². The molecule has 21 heavy (non-hydrogen) atoms. The molecule has 0 bridgehead atoms. The van der Waals surface area contributed by atoms with Crippen molar-refractivity contribution in [3.63, 3.8) is 0 Å². The van der Waals surface area contributed by atoms with E-state index in [9.17, 15) is 4.79 Å². The Bertz CT molecular complexity index is 661. The Balaban J connectivity index is 2.31. The topological polar surface area (TPSA) is 55.3 Å². The molecule has 1 aromatic heterocycles. The first-order chi connectivity index (χ1) is 10.0. The van der Waals surface area contributed by atoms with Gasteiger partial charge in [0.25, 0.3) is 0 Å². The molecule has 0 amide bonds. The van der Waals surface area contributed by atoms with Gasteiger partial charge in [-0.1, -0.05) is 23.7 Å². The summed E-state index contributed by atoms with van der Waals surface area (Å²) >= 11 is 6.00. The molecular weight excluding hydrogens is 290 g/mol. The second kappa shape index (κ2) is 6.54. The van der Waals surface area contributed by atoms with Gasteiger partial charge in [-0.05, 0) is 24.6 Å². The van der Waals surface area contributed by atoms with Gasteiger partial charge in [-0.3, -0.25) is 4.79 Å². The minimum atomic E-state index is 0.171. The SMILES string of the molecule is COc1cccc(CN(C)c2nc(C)nc(Cl)c2C=O)c1. The van der Waals surface area contributed by atoms with Crippen LogP contribution in [0.5, 0.6) is 5.75 Å². The molecule has 1 aromatic carbocycles. The first-order valence-electron chi connectivity index (χ1n) is 6.38. The van der Waals surface area contributed by atoms with E-state index in [1.54, 1.807) is 14.0 Å². The lowest BCUT2D eigenvalue weighted by Crippen LogP contribution is -2.20. The van der Waals surface area contributed by atoms with Crippen molar-refractivity contribution < 1.29 is 9.53 Å². The van der Waals surface area contributed by atoms with E-state index in [2.05, 4.69) is 9.97 Å². The quantitative estimate of drug-likeness (QED) is 0.628. The molecule has 2 rings (SSSR count). The summed E-state index contributed by atoms with van der Waals surface area (Å²) in [5.41, 5.74) is 1.34. The highest BCUT2D eigenvalue weighted by Gasteiger charge is 2.15. The summed E-state index contributed by atoms with van der Waals surface area (Å²) in [6.07, 6.45) is 0.680. The Morgan fingerprint density at radius 2 is 2.14 bits per heavy atom. The Morgan fingerprint density at radius 1 is 1.38 bits per heavy atom. The molecule has 110 valence electrons. The number of halogens is 1. The number of hydrogen-bond donors (Lipinski definition) is 0. The highest BCUT2D eigenvalue weighted by atomic mass is 35.5. The van der Waals surface area contributed by atoms with Gasteiger partial charge in [0.05, 0.1) is 12.7 Å². The summed E-state index contributed by atoms with van der Waals surface area (Å²) in [7, 11) is 3.48. The number of hydrogen-bond acceptors (Lipinski definition) is 5. The normalized spacial score (nSPS) is 10.3. The lowest BCUT2D eigenvalue weighted by molar-refractivity contribution is 0.112. The lowest BCUT2D eigenvalue weighted by Gasteiger charge is -2.20.